The minimum Gasteiger partial charge on any atom is -0.365 e. The molecule has 0 aromatic heterocycles. The third-order valence-corrected chi connectivity index (χ3v) is 5.32. The Balaban J connectivity index is 2.29. The first-order valence-electron chi connectivity index (χ1n) is 7.27. The van der Waals surface area contributed by atoms with Crippen LogP contribution in [0.4, 0.5) is 5.69 Å². The average molecular weight is 325 g/mol. The highest BCUT2D eigenvalue weighted by atomic mass is 79.9. The van der Waals surface area contributed by atoms with Crippen LogP contribution in [0, 0.1) is 6.92 Å². The van der Waals surface area contributed by atoms with Crippen LogP contribution in [0.5, 0.6) is 0 Å². The fourth-order valence-corrected chi connectivity index (χ4v) is 3.07. The molecule has 1 aliphatic heterocycles. The fourth-order valence-electron chi connectivity index (χ4n) is 2.70. The molecule has 1 heterocycles. The van der Waals surface area contributed by atoms with Crippen LogP contribution in [0.15, 0.2) is 22.7 Å². The summed E-state index contributed by atoms with van der Waals surface area (Å²) in [6, 6.07) is 7.32. The van der Waals surface area contributed by atoms with Crippen molar-refractivity contribution in [3.63, 3.8) is 0 Å². The van der Waals surface area contributed by atoms with Crippen molar-refractivity contribution in [3.05, 3.63) is 28.2 Å². The molecular formula is C16H25BrN2. The van der Waals surface area contributed by atoms with Crippen LogP contribution in [0.25, 0.3) is 0 Å². The summed E-state index contributed by atoms with van der Waals surface area (Å²) in [6.45, 7) is 11.2. The summed E-state index contributed by atoms with van der Waals surface area (Å²) >= 11 is 3.66. The molecule has 1 aromatic carbocycles. The Morgan fingerprint density at radius 2 is 2.16 bits per heavy atom. The van der Waals surface area contributed by atoms with E-state index >= 15 is 0 Å². The zero-order valence-electron chi connectivity index (χ0n) is 12.5. The fraction of sp³-hybridized carbons (Fsp3) is 0.625. The number of benzene rings is 1. The summed E-state index contributed by atoms with van der Waals surface area (Å²) in [6.07, 6.45) is 2.34. The highest BCUT2D eigenvalue weighted by Crippen LogP contribution is 2.29. The maximum absolute atomic E-state index is 3.72. The molecule has 106 valence electrons. The van der Waals surface area contributed by atoms with Gasteiger partial charge in [-0.3, -0.25) is 0 Å². The number of nitrogens with one attached hydrogen (secondary N) is 1. The van der Waals surface area contributed by atoms with Crippen LogP contribution < -0.4 is 10.2 Å². The maximum Gasteiger partial charge on any atom is 0.0412 e. The largest absolute Gasteiger partial charge is 0.365 e. The first-order valence-corrected chi connectivity index (χ1v) is 8.06. The van der Waals surface area contributed by atoms with Gasteiger partial charge in [0, 0.05) is 34.8 Å². The molecule has 0 bridgehead atoms. The van der Waals surface area contributed by atoms with Gasteiger partial charge in [-0.1, -0.05) is 35.8 Å². The predicted octanol–water partition coefficient (Wildman–Crippen LogP) is 4.11. The van der Waals surface area contributed by atoms with Crippen molar-refractivity contribution in [1.29, 1.82) is 0 Å². The van der Waals surface area contributed by atoms with Crippen LogP contribution in [0.1, 0.15) is 39.2 Å². The Morgan fingerprint density at radius 3 is 2.74 bits per heavy atom. The number of nitrogens with zero attached hydrogens (tertiary/aromatic N) is 1. The van der Waals surface area contributed by atoms with Crippen LogP contribution in [0.3, 0.4) is 0 Å². The Morgan fingerprint density at radius 1 is 1.42 bits per heavy atom. The Labute approximate surface area is 125 Å². The summed E-state index contributed by atoms with van der Waals surface area (Å²) < 4.78 is 1.21. The van der Waals surface area contributed by atoms with Gasteiger partial charge in [0.05, 0.1) is 0 Å². The lowest BCUT2D eigenvalue weighted by molar-refractivity contribution is 0.276. The van der Waals surface area contributed by atoms with Gasteiger partial charge in [-0.2, -0.15) is 0 Å². The summed E-state index contributed by atoms with van der Waals surface area (Å²) in [5.74, 6) is 0. The van der Waals surface area contributed by atoms with Crippen LogP contribution >= 0.6 is 15.9 Å². The average Bonchev–Trinajstić information content (AvgIpc) is 2.42. The topological polar surface area (TPSA) is 15.3 Å². The minimum atomic E-state index is 0.225. The van der Waals surface area contributed by atoms with E-state index in [-0.39, 0.29) is 5.54 Å². The van der Waals surface area contributed by atoms with Gasteiger partial charge in [0.2, 0.25) is 0 Å². The van der Waals surface area contributed by atoms with Crippen molar-refractivity contribution in [3.8, 4) is 0 Å². The van der Waals surface area contributed by atoms with E-state index < -0.39 is 0 Å². The normalized spacial score (nSPS) is 27.6. The lowest BCUT2D eigenvalue weighted by atomic mass is 9.92. The molecule has 1 fully saturated rings. The molecule has 19 heavy (non-hydrogen) atoms. The molecule has 1 aliphatic rings. The molecule has 0 radical (unpaired) electrons. The van der Waals surface area contributed by atoms with Crippen molar-refractivity contribution >= 4 is 21.6 Å². The van der Waals surface area contributed by atoms with Gasteiger partial charge >= 0.3 is 0 Å². The van der Waals surface area contributed by atoms with E-state index in [0.29, 0.717) is 6.04 Å². The number of aryl methyl sites for hydroxylation is 1. The molecule has 2 rings (SSSR count). The van der Waals surface area contributed by atoms with Crippen molar-refractivity contribution in [2.24, 2.45) is 0 Å². The first-order chi connectivity index (χ1) is 8.99. The van der Waals surface area contributed by atoms with E-state index in [1.165, 1.54) is 22.1 Å². The molecule has 0 saturated carbocycles. The third-order valence-electron chi connectivity index (χ3n) is 4.46. The van der Waals surface area contributed by atoms with Crippen molar-refractivity contribution in [1.82, 2.24) is 5.32 Å². The van der Waals surface area contributed by atoms with Gasteiger partial charge < -0.3 is 10.2 Å². The minimum absolute atomic E-state index is 0.225. The summed E-state index contributed by atoms with van der Waals surface area (Å²) in [5.41, 5.74) is 2.86. The Bertz CT molecular complexity index is 446. The molecular weight excluding hydrogens is 300 g/mol. The van der Waals surface area contributed by atoms with Crippen LogP contribution in [0.2, 0.25) is 0 Å². The lowest BCUT2D eigenvalue weighted by Gasteiger charge is -2.47. The quantitative estimate of drug-likeness (QED) is 0.899. The maximum atomic E-state index is 3.72. The number of rotatable bonds is 3. The SMILES string of the molecule is CCC1CNC(C)(CC)CN1c1ccc(C)c(Br)c1. The number of hydrogen-bond acceptors (Lipinski definition) is 2. The molecule has 1 saturated heterocycles. The molecule has 3 heteroatoms. The number of piperazine rings is 1. The number of anilines is 1. The molecule has 1 N–H and O–H groups in total. The molecule has 0 amide bonds. The van der Waals surface area contributed by atoms with Gasteiger partial charge in [0.25, 0.3) is 0 Å². The zero-order valence-corrected chi connectivity index (χ0v) is 14.0. The van der Waals surface area contributed by atoms with E-state index in [0.717, 1.165) is 19.5 Å². The molecule has 2 atom stereocenters. The standard InChI is InChI=1S/C16H25BrN2/c1-5-13-10-18-16(4,6-2)11-19(13)14-8-7-12(3)15(17)9-14/h7-9,13,18H,5-6,10-11H2,1-4H3. The molecule has 0 spiro atoms. The third kappa shape index (κ3) is 3.14. The van der Waals surface area contributed by atoms with Crippen molar-refractivity contribution < 1.29 is 0 Å². The van der Waals surface area contributed by atoms with E-state index in [4.69, 9.17) is 0 Å². The van der Waals surface area contributed by atoms with E-state index in [2.05, 4.69) is 72.0 Å². The second kappa shape index (κ2) is 5.84. The zero-order chi connectivity index (χ0) is 14.0. The van der Waals surface area contributed by atoms with Gasteiger partial charge in [-0.25, -0.2) is 0 Å². The monoisotopic (exact) mass is 324 g/mol. The van der Waals surface area contributed by atoms with E-state index in [1.807, 2.05) is 0 Å². The van der Waals surface area contributed by atoms with Crippen molar-refractivity contribution in [2.75, 3.05) is 18.0 Å². The second-order valence-electron chi connectivity index (χ2n) is 5.92. The molecule has 0 aliphatic carbocycles. The van der Waals surface area contributed by atoms with Gasteiger partial charge in [-0.05, 0) is 44.4 Å². The predicted molar refractivity (Wildman–Crippen MR) is 87.0 cm³/mol. The van der Waals surface area contributed by atoms with Gasteiger partial charge in [-0.15, -0.1) is 0 Å². The van der Waals surface area contributed by atoms with E-state index in [9.17, 15) is 0 Å². The van der Waals surface area contributed by atoms with Crippen LogP contribution in [-0.2, 0) is 0 Å². The van der Waals surface area contributed by atoms with Gasteiger partial charge in [0.1, 0.15) is 0 Å². The van der Waals surface area contributed by atoms with Crippen molar-refractivity contribution in [2.45, 2.75) is 52.1 Å². The summed E-state index contributed by atoms with van der Waals surface area (Å²) in [4.78, 5) is 2.57. The Kier molecular flexibility index (Phi) is 4.57. The highest BCUT2D eigenvalue weighted by Gasteiger charge is 2.33. The van der Waals surface area contributed by atoms with E-state index in [1.54, 1.807) is 0 Å². The smallest absolute Gasteiger partial charge is 0.0412 e. The molecule has 2 unspecified atom stereocenters. The molecule has 2 nitrogen and oxygen atoms in total. The highest BCUT2D eigenvalue weighted by molar-refractivity contribution is 9.10. The number of halogens is 1. The number of hydrogen-bond donors (Lipinski definition) is 1. The summed E-state index contributed by atoms with van der Waals surface area (Å²) in [5, 5.41) is 3.72. The molecule has 1 aromatic rings. The lowest BCUT2D eigenvalue weighted by Crippen LogP contribution is -2.62. The van der Waals surface area contributed by atoms with Gasteiger partial charge in [0.15, 0.2) is 0 Å². The summed E-state index contributed by atoms with van der Waals surface area (Å²) in [7, 11) is 0. The first kappa shape index (κ1) is 14.9. The Hall–Kier alpha value is -0.540. The van der Waals surface area contributed by atoms with Crippen LogP contribution in [-0.4, -0.2) is 24.7 Å². The second-order valence-corrected chi connectivity index (χ2v) is 6.77.